The second kappa shape index (κ2) is 10.1. The fourth-order valence-electron chi connectivity index (χ4n) is 2.89. The molecule has 13 heteroatoms. The lowest BCUT2D eigenvalue weighted by Crippen LogP contribution is -2.21. The summed E-state index contributed by atoms with van der Waals surface area (Å²) in [5, 5.41) is 6.19. The van der Waals surface area contributed by atoms with Gasteiger partial charge in [0, 0.05) is 14.9 Å². The zero-order valence-corrected chi connectivity index (χ0v) is 19.3. The van der Waals surface area contributed by atoms with E-state index in [4.69, 9.17) is 0 Å². The van der Waals surface area contributed by atoms with Crippen molar-refractivity contribution in [3.05, 3.63) is 86.7 Å². The molecule has 0 saturated carbocycles. The van der Waals surface area contributed by atoms with Crippen LogP contribution >= 0.6 is 22.6 Å². The van der Waals surface area contributed by atoms with E-state index in [2.05, 4.69) is 10.6 Å². The minimum absolute atomic E-state index is 0.239. The summed E-state index contributed by atoms with van der Waals surface area (Å²) in [5.41, 5.74) is -4.12. The summed E-state index contributed by atoms with van der Waals surface area (Å²) >= 11 is 1.81. The van der Waals surface area contributed by atoms with Gasteiger partial charge in [0.05, 0.1) is 22.4 Å². The van der Waals surface area contributed by atoms with Crippen LogP contribution in [-0.2, 0) is 12.4 Å². The molecule has 3 rings (SSSR count). The summed E-state index contributed by atoms with van der Waals surface area (Å²) in [7, 11) is 0. The molecule has 0 saturated heterocycles. The van der Waals surface area contributed by atoms with Gasteiger partial charge >= 0.3 is 18.4 Å². The van der Waals surface area contributed by atoms with Gasteiger partial charge in [-0.15, -0.1) is 0 Å². The lowest BCUT2D eigenvalue weighted by atomic mass is 10.1. The molecule has 0 atom stereocenters. The molecular formula is C22H13F7IN3O2. The van der Waals surface area contributed by atoms with Crippen LogP contribution in [-0.4, -0.2) is 11.9 Å². The van der Waals surface area contributed by atoms with Gasteiger partial charge in [-0.1, -0.05) is 6.07 Å². The Balaban J connectivity index is 1.80. The zero-order chi connectivity index (χ0) is 26.0. The summed E-state index contributed by atoms with van der Waals surface area (Å²) in [6.07, 6.45) is -9.63. The number of amides is 3. The molecule has 0 spiro atoms. The highest BCUT2D eigenvalue weighted by atomic mass is 127. The average Bonchev–Trinajstić information content (AvgIpc) is 2.75. The molecule has 0 bridgehead atoms. The Morgan fingerprint density at radius 3 is 2.03 bits per heavy atom. The zero-order valence-electron chi connectivity index (χ0n) is 17.1. The van der Waals surface area contributed by atoms with E-state index in [0.717, 1.165) is 36.4 Å². The maximum absolute atomic E-state index is 13.9. The second-order valence-corrected chi connectivity index (χ2v) is 8.24. The Labute approximate surface area is 206 Å². The lowest BCUT2D eigenvalue weighted by Gasteiger charge is -2.16. The van der Waals surface area contributed by atoms with Gasteiger partial charge in [-0.05, 0) is 77.2 Å². The monoisotopic (exact) mass is 611 g/mol. The first-order valence-electron chi connectivity index (χ1n) is 9.47. The van der Waals surface area contributed by atoms with E-state index in [-0.39, 0.29) is 11.4 Å². The first-order chi connectivity index (χ1) is 16.2. The molecule has 3 aromatic carbocycles. The number of rotatable bonds is 4. The highest BCUT2D eigenvalue weighted by Gasteiger charge is 2.35. The number of benzene rings is 3. The highest BCUT2D eigenvalue weighted by Crippen LogP contribution is 2.37. The number of halogens is 8. The Morgan fingerprint density at radius 2 is 1.40 bits per heavy atom. The van der Waals surface area contributed by atoms with E-state index < -0.39 is 52.5 Å². The van der Waals surface area contributed by atoms with Crippen molar-refractivity contribution >= 4 is 51.6 Å². The van der Waals surface area contributed by atoms with Crippen LogP contribution in [0.2, 0.25) is 0 Å². The molecule has 0 aliphatic carbocycles. The Morgan fingerprint density at radius 1 is 0.743 bits per heavy atom. The number of carbonyl (C=O) groups excluding carboxylic acids is 2. The minimum Gasteiger partial charge on any atom is -0.321 e. The van der Waals surface area contributed by atoms with E-state index in [1.165, 1.54) is 12.1 Å². The summed E-state index contributed by atoms with van der Waals surface area (Å²) < 4.78 is 93.6. The van der Waals surface area contributed by atoms with E-state index >= 15 is 0 Å². The Kier molecular flexibility index (Phi) is 7.57. The molecule has 0 aliphatic rings. The van der Waals surface area contributed by atoms with Crippen LogP contribution in [0.1, 0.15) is 21.5 Å². The number of alkyl halides is 6. The largest absolute Gasteiger partial charge is 0.418 e. The molecule has 3 N–H and O–H groups in total. The number of carbonyl (C=O) groups is 2. The van der Waals surface area contributed by atoms with Crippen molar-refractivity contribution in [3.8, 4) is 0 Å². The minimum atomic E-state index is -4.97. The summed E-state index contributed by atoms with van der Waals surface area (Å²) in [5.74, 6) is -2.05. The van der Waals surface area contributed by atoms with Gasteiger partial charge < -0.3 is 16.0 Å². The topological polar surface area (TPSA) is 70.2 Å². The van der Waals surface area contributed by atoms with Crippen molar-refractivity contribution in [2.24, 2.45) is 0 Å². The third kappa shape index (κ3) is 6.83. The molecule has 184 valence electrons. The quantitative estimate of drug-likeness (QED) is 0.213. The molecule has 3 amide bonds. The smallest absolute Gasteiger partial charge is 0.321 e. The second-order valence-electron chi connectivity index (χ2n) is 6.99. The molecule has 0 aromatic heterocycles. The highest BCUT2D eigenvalue weighted by molar-refractivity contribution is 14.1. The molecule has 0 unspecified atom stereocenters. The van der Waals surface area contributed by atoms with Crippen LogP contribution in [0, 0.1) is 9.39 Å². The van der Waals surface area contributed by atoms with Gasteiger partial charge in [-0.2, -0.15) is 26.3 Å². The fraction of sp³-hybridized carbons (Fsp3) is 0.0909. The van der Waals surface area contributed by atoms with Gasteiger partial charge in [-0.25, -0.2) is 9.18 Å². The van der Waals surface area contributed by atoms with E-state index in [1.807, 2.05) is 5.32 Å². The molecule has 35 heavy (non-hydrogen) atoms. The van der Waals surface area contributed by atoms with Gasteiger partial charge in [0.25, 0.3) is 5.91 Å². The summed E-state index contributed by atoms with van der Waals surface area (Å²) in [6, 6.07) is 8.49. The number of nitrogens with one attached hydrogen (secondary N) is 3. The van der Waals surface area contributed by atoms with Crippen LogP contribution in [0.25, 0.3) is 0 Å². The Bertz CT molecular complexity index is 1280. The normalized spacial score (nSPS) is 11.7. The molecule has 0 aliphatic heterocycles. The van der Waals surface area contributed by atoms with Crippen molar-refractivity contribution in [2.45, 2.75) is 12.4 Å². The molecular weight excluding hydrogens is 598 g/mol. The fourth-order valence-corrected chi connectivity index (χ4v) is 3.38. The van der Waals surface area contributed by atoms with Crippen molar-refractivity contribution < 1.29 is 40.3 Å². The number of urea groups is 1. The van der Waals surface area contributed by atoms with Gasteiger partial charge in [0.15, 0.2) is 0 Å². The lowest BCUT2D eigenvalue weighted by molar-refractivity contribution is -0.138. The van der Waals surface area contributed by atoms with Gasteiger partial charge in [-0.3, -0.25) is 4.79 Å². The summed E-state index contributed by atoms with van der Waals surface area (Å²) in [4.78, 5) is 24.5. The van der Waals surface area contributed by atoms with Crippen LogP contribution in [0.3, 0.4) is 0 Å². The molecule has 0 fully saturated rings. The van der Waals surface area contributed by atoms with E-state index in [0.29, 0.717) is 15.7 Å². The molecule has 0 radical (unpaired) electrons. The average molecular weight is 611 g/mol. The first kappa shape index (κ1) is 26.2. The number of hydrogen-bond acceptors (Lipinski definition) is 2. The van der Waals surface area contributed by atoms with E-state index in [9.17, 15) is 40.3 Å². The molecule has 3 aromatic rings. The van der Waals surface area contributed by atoms with Crippen LogP contribution < -0.4 is 16.0 Å². The Hall–Kier alpha value is -3.36. The van der Waals surface area contributed by atoms with Gasteiger partial charge in [0.2, 0.25) is 0 Å². The standard InChI is InChI=1S/C22H13F7IN3O2/c23-17-6-4-12(30)9-15(17)19(34)33-18-7-5-14(10-16(18)22(27,28)29)32-20(35)31-13-3-1-2-11(8-13)21(24,25)26/h1-10H,(H,33,34)(H2,31,32,35). The molecule has 5 nitrogen and oxygen atoms in total. The van der Waals surface area contributed by atoms with Crippen molar-refractivity contribution in [1.29, 1.82) is 0 Å². The maximum Gasteiger partial charge on any atom is 0.418 e. The molecule has 0 heterocycles. The van der Waals surface area contributed by atoms with Crippen molar-refractivity contribution in [1.82, 2.24) is 0 Å². The number of hydrogen-bond donors (Lipinski definition) is 3. The van der Waals surface area contributed by atoms with E-state index in [1.54, 1.807) is 22.6 Å². The van der Waals surface area contributed by atoms with Crippen LogP contribution in [0.15, 0.2) is 60.7 Å². The van der Waals surface area contributed by atoms with Crippen molar-refractivity contribution in [2.75, 3.05) is 16.0 Å². The van der Waals surface area contributed by atoms with Gasteiger partial charge in [0.1, 0.15) is 5.82 Å². The summed E-state index contributed by atoms with van der Waals surface area (Å²) in [6.45, 7) is 0. The predicted octanol–water partition coefficient (Wildman–Crippen LogP) is 7.36. The number of anilines is 3. The first-order valence-corrected chi connectivity index (χ1v) is 10.5. The third-order valence-electron chi connectivity index (χ3n) is 4.45. The SMILES string of the molecule is O=C(Nc1cccc(C(F)(F)F)c1)Nc1ccc(NC(=O)c2cc(I)ccc2F)c(C(F)(F)F)c1. The van der Waals surface area contributed by atoms with Crippen molar-refractivity contribution in [3.63, 3.8) is 0 Å². The van der Waals surface area contributed by atoms with Crippen LogP contribution in [0.4, 0.5) is 52.6 Å². The maximum atomic E-state index is 13.9. The predicted molar refractivity (Wildman–Crippen MR) is 123 cm³/mol. The third-order valence-corrected chi connectivity index (χ3v) is 5.12. The van der Waals surface area contributed by atoms with Crippen LogP contribution in [0.5, 0.6) is 0 Å².